The molecule has 22 heavy (non-hydrogen) atoms. The molecule has 2 N–H and O–H groups in total. The molecule has 0 radical (unpaired) electrons. The van der Waals surface area contributed by atoms with Gasteiger partial charge in [-0.25, -0.2) is 0 Å². The molecule has 0 aromatic heterocycles. The first-order chi connectivity index (χ1) is 10.6. The number of nitro groups is 1. The number of carbonyl (C=O) groups is 1. The molecule has 1 unspecified atom stereocenters. The molecule has 1 atom stereocenters. The Morgan fingerprint density at radius 1 is 1.14 bits per heavy atom. The largest absolute Gasteiger partial charge is 0.388 e. The van der Waals surface area contributed by atoms with Crippen LogP contribution < -0.4 is 5.32 Å². The predicted molar refractivity (Wildman–Crippen MR) is 81.0 cm³/mol. The molecule has 0 heterocycles. The van der Waals surface area contributed by atoms with Crippen molar-refractivity contribution in [1.29, 1.82) is 0 Å². The van der Waals surface area contributed by atoms with E-state index in [2.05, 4.69) is 5.32 Å². The van der Waals surface area contributed by atoms with Crippen molar-refractivity contribution in [2.24, 2.45) is 0 Å². The normalized spacial score (nSPS) is 11.7. The Balaban J connectivity index is 1.92. The summed E-state index contributed by atoms with van der Waals surface area (Å²) in [5.41, 5.74) is 1.05. The summed E-state index contributed by atoms with van der Waals surface area (Å²) in [7, 11) is 0. The van der Waals surface area contributed by atoms with Crippen molar-refractivity contribution < 1.29 is 14.8 Å². The van der Waals surface area contributed by atoms with E-state index in [1.807, 2.05) is 6.07 Å². The molecule has 0 aliphatic rings. The number of aliphatic hydroxyl groups is 1. The predicted octanol–water partition coefficient (Wildman–Crippen LogP) is 2.33. The van der Waals surface area contributed by atoms with Crippen LogP contribution in [0.25, 0.3) is 0 Å². The molecule has 2 rings (SSSR count). The maximum atomic E-state index is 11.8. The van der Waals surface area contributed by atoms with Gasteiger partial charge in [-0.2, -0.15) is 0 Å². The Labute approximate surface area is 127 Å². The van der Waals surface area contributed by atoms with Gasteiger partial charge in [-0.05, 0) is 5.56 Å². The molecule has 0 saturated heterocycles. The number of benzene rings is 2. The van der Waals surface area contributed by atoms with Crippen molar-refractivity contribution in [2.45, 2.75) is 19.1 Å². The zero-order valence-corrected chi connectivity index (χ0v) is 11.8. The number of amides is 1. The number of carbonyl (C=O) groups excluding carboxylic acids is 1. The Hall–Kier alpha value is -2.73. The average Bonchev–Trinajstić information content (AvgIpc) is 2.54. The summed E-state index contributed by atoms with van der Waals surface area (Å²) in [5.74, 6) is -0.366. The smallest absolute Gasteiger partial charge is 0.274 e. The van der Waals surface area contributed by atoms with Gasteiger partial charge in [0, 0.05) is 18.2 Å². The topological polar surface area (TPSA) is 92.5 Å². The second-order valence-corrected chi connectivity index (χ2v) is 4.79. The molecule has 6 heteroatoms. The Morgan fingerprint density at radius 2 is 1.77 bits per heavy atom. The molecule has 1 amide bonds. The number of nitro benzene ring substituents is 1. The number of nitrogens with zero attached hydrogens (tertiary/aromatic N) is 1. The fourth-order valence-electron chi connectivity index (χ4n) is 2.07. The van der Waals surface area contributed by atoms with E-state index >= 15 is 0 Å². The molecular formula is C16H16N2O4. The first kappa shape index (κ1) is 15.7. The average molecular weight is 300 g/mol. The van der Waals surface area contributed by atoms with Crippen molar-refractivity contribution in [3.05, 3.63) is 75.8 Å². The van der Waals surface area contributed by atoms with Crippen LogP contribution in [0.5, 0.6) is 0 Å². The molecule has 0 bridgehead atoms. The monoisotopic (exact) mass is 300 g/mol. The summed E-state index contributed by atoms with van der Waals surface area (Å²) < 4.78 is 0. The summed E-state index contributed by atoms with van der Waals surface area (Å²) >= 11 is 0. The first-order valence-corrected chi connectivity index (χ1v) is 6.80. The van der Waals surface area contributed by atoms with E-state index in [0.29, 0.717) is 11.1 Å². The van der Waals surface area contributed by atoms with Crippen LogP contribution in [-0.2, 0) is 11.3 Å². The number of nitrogens with one attached hydrogen (secondary N) is 1. The van der Waals surface area contributed by atoms with Crippen LogP contribution in [0.1, 0.15) is 23.7 Å². The van der Waals surface area contributed by atoms with Crippen molar-refractivity contribution in [1.82, 2.24) is 5.32 Å². The van der Waals surface area contributed by atoms with Gasteiger partial charge in [0.25, 0.3) is 5.69 Å². The lowest BCUT2D eigenvalue weighted by atomic mass is 10.1. The Bertz CT molecular complexity index is 658. The zero-order valence-electron chi connectivity index (χ0n) is 11.8. The van der Waals surface area contributed by atoms with Gasteiger partial charge in [-0.15, -0.1) is 0 Å². The summed E-state index contributed by atoms with van der Waals surface area (Å²) in [6.45, 7) is 0.0531. The fourth-order valence-corrected chi connectivity index (χ4v) is 2.07. The first-order valence-electron chi connectivity index (χ1n) is 6.80. The number of rotatable bonds is 6. The van der Waals surface area contributed by atoms with Gasteiger partial charge in [0.2, 0.25) is 5.91 Å². The van der Waals surface area contributed by atoms with Gasteiger partial charge >= 0.3 is 0 Å². The van der Waals surface area contributed by atoms with E-state index in [4.69, 9.17) is 0 Å². The van der Waals surface area contributed by atoms with Gasteiger partial charge < -0.3 is 10.4 Å². The summed E-state index contributed by atoms with van der Waals surface area (Å²) in [4.78, 5) is 22.2. The highest BCUT2D eigenvalue weighted by atomic mass is 16.6. The van der Waals surface area contributed by atoms with Crippen LogP contribution in [0.3, 0.4) is 0 Å². The van der Waals surface area contributed by atoms with E-state index in [1.165, 1.54) is 6.07 Å². The van der Waals surface area contributed by atoms with E-state index in [-0.39, 0.29) is 24.6 Å². The minimum atomic E-state index is -0.896. The van der Waals surface area contributed by atoms with E-state index in [0.717, 1.165) is 0 Å². The van der Waals surface area contributed by atoms with E-state index < -0.39 is 11.0 Å². The lowest BCUT2D eigenvalue weighted by molar-refractivity contribution is -0.385. The third-order valence-corrected chi connectivity index (χ3v) is 3.23. The zero-order chi connectivity index (χ0) is 15.9. The molecule has 0 spiro atoms. The van der Waals surface area contributed by atoms with Crippen LogP contribution in [0.4, 0.5) is 5.69 Å². The number of para-hydroxylation sites is 1. The van der Waals surface area contributed by atoms with Crippen molar-refractivity contribution in [3.8, 4) is 0 Å². The highest BCUT2D eigenvalue weighted by molar-refractivity contribution is 5.76. The van der Waals surface area contributed by atoms with Crippen LogP contribution >= 0.6 is 0 Å². The summed E-state index contributed by atoms with van der Waals surface area (Å²) in [6, 6.07) is 15.1. The lowest BCUT2D eigenvalue weighted by Gasteiger charge is -2.11. The van der Waals surface area contributed by atoms with Gasteiger partial charge in [0.1, 0.15) is 0 Å². The molecule has 114 valence electrons. The van der Waals surface area contributed by atoms with E-state index in [9.17, 15) is 20.0 Å². The molecule has 0 aliphatic heterocycles. The minimum Gasteiger partial charge on any atom is -0.388 e. The number of hydrogen-bond acceptors (Lipinski definition) is 4. The second kappa shape index (κ2) is 7.33. The van der Waals surface area contributed by atoms with Gasteiger partial charge in [-0.3, -0.25) is 14.9 Å². The lowest BCUT2D eigenvalue weighted by Crippen LogP contribution is -2.25. The highest BCUT2D eigenvalue weighted by Crippen LogP contribution is 2.18. The highest BCUT2D eigenvalue weighted by Gasteiger charge is 2.15. The molecule has 0 saturated carbocycles. The maximum Gasteiger partial charge on any atom is 0.274 e. The van der Waals surface area contributed by atoms with Crippen molar-refractivity contribution >= 4 is 11.6 Å². The minimum absolute atomic E-state index is 0.0357. The molecule has 0 fully saturated rings. The third kappa shape index (κ3) is 4.13. The van der Waals surface area contributed by atoms with Crippen molar-refractivity contribution in [2.75, 3.05) is 0 Å². The molecule has 2 aromatic rings. The van der Waals surface area contributed by atoms with Crippen LogP contribution in [-0.4, -0.2) is 15.9 Å². The van der Waals surface area contributed by atoms with E-state index in [1.54, 1.807) is 42.5 Å². The SMILES string of the molecule is O=C(CC(O)c1ccccc1)NCc1ccccc1[N+](=O)[O-]. The maximum absolute atomic E-state index is 11.8. The number of hydrogen-bond donors (Lipinski definition) is 2. The van der Waals surface area contributed by atoms with Gasteiger partial charge in [0.05, 0.1) is 17.4 Å². The molecule has 6 nitrogen and oxygen atoms in total. The fraction of sp³-hybridized carbons (Fsp3) is 0.188. The summed E-state index contributed by atoms with van der Waals surface area (Å²) in [5, 5.41) is 23.4. The standard InChI is InChI=1S/C16H16N2O4/c19-15(12-6-2-1-3-7-12)10-16(20)17-11-13-8-4-5-9-14(13)18(21)22/h1-9,15,19H,10-11H2,(H,17,20). The molecular weight excluding hydrogens is 284 g/mol. The van der Waals surface area contributed by atoms with Crippen LogP contribution in [0.15, 0.2) is 54.6 Å². The number of aliphatic hydroxyl groups excluding tert-OH is 1. The van der Waals surface area contributed by atoms with Crippen molar-refractivity contribution in [3.63, 3.8) is 0 Å². The Morgan fingerprint density at radius 3 is 2.45 bits per heavy atom. The van der Waals surface area contributed by atoms with Crippen LogP contribution in [0.2, 0.25) is 0 Å². The quantitative estimate of drug-likeness (QED) is 0.632. The van der Waals surface area contributed by atoms with Gasteiger partial charge in [-0.1, -0.05) is 48.5 Å². The van der Waals surface area contributed by atoms with Crippen LogP contribution in [0, 0.1) is 10.1 Å². The Kier molecular flexibility index (Phi) is 5.21. The molecule has 0 aliphatic carbocycles. The second-order valence-electron chi connectivity index (χ2n) is 4.79. The third-order valence-electron chi connectivity index (χ3n) is 3.23. The molecule has 2 aromatic carbocycles. The summed E-state index contributed by atoms with van der Waals surface area (Å²) in [6.07, 6.45) is -0.989. The van der Waals surface area contributed by atoms with Gasteiger partial charge in [0.15, 0.2) is 0 Å².